The summed E-state index contributed by atoms with van der Waals surface area (Å²) in [7, 11) is 0. The molecule has 2 aromatic rings. The molecule has 2 amide bonds. The first-order valence-corrected chi connectivity index (χ1v) is 6.96. The van der Waals surface area contributed by atoms with Gasteiger partial charge < -0.3 is 15.4 Å². The van der Waals surface area contributed by atoms with Gasteiger partial charge in [0.1, 0.15) is 6.54 Å². The van der Waals surface area contributed by atoms with Crippen LogP contribution in [-0.2, 0) is 9.53 Å². The molecule has 0 saturated heterocycles. The third-order valence-electron chi connectivity index (χ3n) is 2.50. The summed E-state index contributed by atoms with van der Waals surface area (Å²) in [6.07, 6.45) is -5.91. The summed E-state index contributed by atoms with van der Waals surface area (Å²) in [5.74, 6) is -0.571. The van der Waals surface area contributed by atoms with Crippen LogP contribution in [0.5, 0.6) is 0 Å². The maximum Gasteiger partial charge on any atom is 0.422 e. The molecule has 0 atom stereocenters. The number of amides is 2. The summed E-state index contributed by atoms with van der Waals surface area (Å²) < 4.78 is 40.4. The largest absolute Gasteiger partial charge is 0.440 e. The van der Waals surface area contributed by atoms with E-state index in [1.54, 1.807) is 23.5 Å². The topological polar surface area (TPSA) is 67.4 Å². The van der Waals surface area contributed by atoms with Crippen LogP contribution in [0.2, 0.25) is 0 Å². The summed E-state index contributed by atoms with van der Waals surface area (Å²) in [5.41, 5.74) is 0.529. The second-order valence-corrected chi connectivity index (χ2v) is 5.21. The lowest BCUT2D eigenvalue weighted by atomic mass is 10.2. The molecule has 9 heteroatoms. The van der Waals surface area contributed by atoms with Crippen molar-refractivity contribution >= 4 is 39.1 Å². The van der Waals surface area contributed by atoms with Gasteiger partial charge in [0.25, 0.3) is 0 Å². The van der Waals surface area contributed by atoms with Crippen molar-refractivity contribution in [2.75, 3.05) is 18.5 Å². The molecule has 22 heavy (non-hydrogen) atoms. The van der Waals surface area contributed by atoms with Gasteiger partial charge in [-0.2, -0.15) is 13.2 Å². The standard InChI is InChI=1S/C13H11F3N2O3S/c14-13(15,16)7-21-12(20)17-6-11(19)18-9-1-2-10-8(5-9)3-4-22-10/h1-5H,6-7H2,(H,17,20)(H,18,19). The molecular formula is C13H11F3N2O3S. The average Bonchev–Trinajstić information content (AvgIpc) is 2.89. The van der Waals surface area contributed by atoms with Gasteiger partial charge >= 0.3 is 12.3 Å². The van der Waals surface area contributed by atoms with Crippen LogP contribution >= 0.6 is 11.3 Å². The summed E-state index contributed by atoms with van der Waals surface area (Å²) in [5, 5.41) is 7.33. The van der Waals surface area contributed by atoms with E-state index in [-0.39, 0.29) is 0 Å². The SMILES string of the molecule is O=C(CNC(=O)OCC(F)(F)F)Nc1ccc2sccc2c1. The fraction of sp³-hybridized carbons (Fsp3) is 0.231. The van der Waals surface area contributed by atoms with Crippen molar-refractivity contribution in [1.82, 2.24) is 5.32 Å². The van der Waals surface area contributed by atoms with Crippen LogP contribution in [0.25, 0.3) is 10.1 Å². The van der Waals surface area contributed by atoms with Gasteiger partial charge in [0.05, 0.1) is 0 Å². The molecule has 2 N–H and O–H groups in total. The third kappa shape index (κ3) is 4.92. The van der Waals surface area contributed by atoms with E-state index in [2.05, 4.69) is 10.1 Å². The predicted octanol–water partition coefficient (Wildman–Crippen LogP) is 3.13. The van der Waals surface area contributed by atoms with Crippen LogP contribution in [0.1, 0.15) is 0 Å². The molecule has 118 valence electrons. The highest BCUT2D eigenvalue weighted by atomic mass is 32.1. The van der Waals surface area contributed by atoms with Crippen LogP contribution in [0, 0.1) is 0 Å². The zero-order valence-corrected chi connectivity index (χ0v) is 11.9. The molecule has 0 aliphatic heterocycles. The van der Waals surface area contributed by atoms with Crippen molar-refractivity contribution in [2.24, 2.45) is 0 Å². The van der Waals surface area contributed by atoms with E-state index in [1.807, 2.05) is 22.8 Å². The summed E-state index contributed by atoms with van der Waals surface area (Å²) >= 11 is 1.56. The third-order valence-corrected chi connectivity index (χ3v) is 3.39. The number of alkyl halides is 3. The first kappa shape index (κ1) is 16.1. The molecule has 0 spiro atoms. The predicted molar refractivity (Wildman–Crippen MR) is 75.9 cm³/mol. The Kier molecular flexibility index (Phi) is 4.86. The number of nitrogens with one attached hydrogen (secondary N) is 2. The molecule has 2 rings (SSSR count). The Hall–Kier alpha value is -2.29. The quantitative estimate of drug-likeness (QED) is 0.904. The summed E-state index contributed by atoms with van der Waals surface area (Å²) in [4.78, 5) is 22.6. The van der Waals surface area contributed by atoms with Gasteiger partial charge in [-0.05, 0) is 35.0 Å². The zero-order valence-electron chi connectivity index (χ0n) is 11.1. The zero-order chi connectivity index (χ0) is 16.2. The van der Waals surface area contributed by atoms with Gasteiger partial charge in [-0.3, -0.25) is 4.79 Å². The maximum atomic E-state index is 11.8. The molecule has 0 aliphatic carbocycles. The molecule has 0 bridgehead atoms. The molecule has 1 heterocycles. The molecule has 0 aliphatic rings. The van der Waals surface area contributed by atoms with Crippen molar-refractivity contribution in [1.29, 1.82) is 0 Å². The average molecular weight is 332 g/mol. The van der Waals surface area contributed by atoms with E-state index >= 15 is 0 Å². The number of carbonyl (C=O) groups is 2. The first-order chi connectivity index (χ1) is 10.3. The lowest BCUT2D eigenvalue weighted by molar-refractivity contribution is -0.160. The number of hydrogen-bond donors (Lipinski definition) is 2. The number of rotatable bonds is 4. The lowest BCUT2D eigenvalue weighted by Crippen LogP contribution is -2.35. The normalized spacial score (nSPS) is 11.2. The van der Waals surface area contributed by atoms with Gasteiger partial charge in [0.2, 0.25) is 5.91 Å². The number of carbonyl (C=O) groups excluding carboxylic acids is 2. The Morgan fingerprint density at radius 3 is 2.73 bits per heavy atom. The Morgan fingerprint density at radius 1 is 1.23 bits per heavy atom. The molecular weight excluding hydrogens is 321 g/mol. The van der Waals surface area contributed by atoms with Crippen molar-refractivity contribution in [3.8, 4) is 0 Å². The van der Waals surface area contributed by atoms with E-state index < -0.39 is 31.3 Å². The second kappa shape index (κ2) is 6.65. The van der Waals surface area contributed by atoms with Crippen molar-refractivity contribution in [3.05, 3.63) is 29.6 Å². The molecule has 1 aromatic heterocycles. The first-order valence-electron chi connectivity index (χ1n) is 6.08. The monoisotopic (exact) mass is 332 g/mol. The van der Waals surface area contributed by atoms with Gasteiger partial charge in [-0.25, -0.2) is 4.79 Å². The second-order valence-electron chi connectivity index (χ2n) is 4.27. The molecule has 0 unspecified atom stereocenters. The minimum Gasteiger partial charge on any atom is -0.440 e. The van der Waals surface area contributed by atoms with E-state index in [9.17, 15) is 22.8 Å². The molecule has 0 radical (unpaired) electrons. The van der Waals surface area contributed by atoms with Crippen LogP contribution in [-0.4, -0.2) is 31.3 Å². The number of hydrogen-bond acceptors (Lipinski definition) is 4. The summed E-state index contributed by atoms with van der Waals surface area (Å²) in [6.45, 7) is -2.19. The number of ether oxygens (including phenoxy) is 1. The minimum atomic E-state index is -4.60. The van der Waals surface area contributed by atoms with E-state index in [1.165, 1.54) is 0 Å². The van der Waals surface area contributed by atoms with Gasteiger partial charge in [-0.1, -0.05) is 0 Å². The number of anilines is 1. The number of fused-ring (bicyclic) bond motifs is 1. The number of alkyl carbamates (subject to hydrolysis) is 1. The lowest BCUT2D eigenvalue weighted by Gasteiger charge is -2.09. The van der Waals surface area contributed by atoms with Crippen molar-refractivity contribution < 1.29 is 27.5 Å². The van der Waals surface area contributed by atoms with Crippen LogP contribution in [0.4, 0.5) is 23.7 Å². The van der Waals surface area contributed by atoms with Crippen LogP contribution in [0.15, 0.2) is 29.6 Å². The fourth-order valence-electron chi connectivity index (χ4n) is 1.60. The van der Waals surface area contributed by atoms with E-state index in [4.69, 9.17) is 0 Å². The van der Waals surface area contributed by atoms with Gasteiger partial charge in [0.15, 0.2) is 6.61 Å². The number of benzene rings is 1. The van der Waals surface area contributed by atoms with Crippen molar-refractivity contribution in [3.63, 3.8) is 0 Å². The van der Waals surface area contributed by atoms with Crippen LogP contribution in [0.3, 0.4) is 0 Å². The Morgan fingerprint density at radius 2 is 2.00 bits per heavy atom. The van der Waals surface area contributed by atoms with Gasteiger partial charge in [-0.15, -0.1) is 11.3 Å². The van der Waals surface area contributed by atoms with Crippen LogP contribution < -0.4 is 10.6 Å². The summed E-state index contributed by atoms with van der Waals surface area (Å²) in [6, 6.07) is 7.17. The van der Waals surface area contributed by atoms with Crippen molar-refractivity contribution in [2.45, 2.75) is 6.18 Å². The molecule has 5 nitrogen and oxygen atoms in total. The maximum absolute atomic E-state index is 11.8. The Labute approximate surface area is 127 Å². The number of thiophene rings is 1. The molecule has 0 saturated carbocycles. The number of halogens is 3. The molecule has 1 aromatic carbocycles. The fourth-order valence-corrected chi connectivity index (χ4v) is 2.37. The smallest absolute Gasteiger partial charge is 0.422 e. The molecule has 0 fully saturated rings. The van der Waals surface area contributed by atoms with Gasteiger partial charge in [0, 0.05) is 10.4 Å². The highest BCUT2D eigenvalue weighted by Crippen LogP contribution is 2.23. The highest BCUT2D eigenvalue weighted by molar-refractivity contribution is 7.17. The minimum absolute atomic E-state index is 0.488. The Balaban J connectivity index is 1.79. The Bertz CT molecular complexity index is 684. The van der Waals surface area contributed by atoms with E-state index in [0.29, 0.717) is 5.69 Å². The van der Waals surface area contributed by atoms with E-state index in [0.717, 1.165) is 10.1 Å². The highest BCUT2D eigenvalue weighted by Gasteiger charge is 2.29.